The molecule has 0 radical (unpaired) electrons. The molecule has 0 bridgehead atoms. The van der Waals surface area contributed by atoms with Gasteiger partial charge in [0.05, 0.1) is 18.4 Å². The third kappa shape index (κ3) is 4.31. The molecule has 1 saturated heterocycles. The van der Waals surface area contributed by atoms with Gasteiger partial charge in [-0.25, -0.2) is 9.37 Å². The van der Waals surface area contributed by atoms with Crippen LogP contribution in [-0.4, -0.2) is 40.1 Å². The molecule has 3 aromatic rings. The largest absolute Gasteiger partial charge is 0.372 e. The summed E-state index contributed by atoms with van der Waals surface area (Å²) in [4.78, 5) is 34.3. The van der Waals surface area contributed by atoms with Crippen LogP contribution in [-0.2, 0) is 11.8 Å². The quantitative estimate of drug-likeness (QED) is 0.689. The maximum Gasteiger partial charge on any atom is 0.255 e. The van der Waals surface area contributed by atoms with E-state index >= 15 is 0 Å². The molecule has 0 spiro atoms. The minimum Gasteiger partial charge on any atom is -0.372 e. The van der Waals surface area contributed by atoms with E-state index in [1.165, 1.54) is 22.9 Å². The van der Waals surface area contributed by atoms with Gasteiger partial charge < -0.3 is 15.4 Å². The Balaban J connectivity index is 1.68. The van der Waals surface area contributed by atoms with Crippen LogP contribution in [0.2, 0.25) is 0 Å². The first-order valence-corrected chi connectivity index (χ1v) is 9.88. The molecule has 2 N–H and O–H groups in total. The van der Waals surface area contributed by atoms with Crippen molar-refractivity contribution in [1.29, 1.82) is 0 Å². The fourth-order valence-corrected chi connectivity index (χ4v) is 3.60. The van der Waals surface area contributed by atoms with Crippen molar-refractivity contribution in [3.8, 4) is 11.3 Å². The monoisotopic (exact) mass is 423 g/mol. The number of pyridine rings is 1. The van der Waals surface area contributed by atoms with Gasteiger partial charge in [-0.15, -0.1) is 0 Å². The zero-order chi connectivity index (χ0) is 22.0. The number of carbonyl (C=O) groups is 1. The summed E-state index contributed by atoms with van der Waals surface area (Å²) in [5.41, 5.74) is 6.82. The van der Waals surface area contributed by atoms with Crippen LogP contribution in [0.3, 0.4) is 0 Å². The number of nitrogens with two attached hydrogens (primary N) is 1. The van der Waals surface area contributed by atoms with Gasteiger partial charge in [0.15, 0.2) is 5.82 Å². The number of ether oxygens (including phenoxy) is 1. The van der Waals surface area contributed by atoms with Crippen molar-refractivity contribution >= 4 is 11.9 Å². The number of anilines is 1. The van der Waals surface area contributed by atoms with Crippen molar-refractivity contribution in [2.24, 2.45) is 12.8 Å². The van der Waals surface area contributed by atoms with Gasteiger partial charge in [0.2, 0.25) is 11.9 Å². The summed E-state index contributed by atoms with van der Waals surface area (Å²) < 4.78 is 21.7. The molecular formula is C22H22FN5O3. The number of amides is 1. The Morgan fingerprint density at radius 2 is 2.03 bits per heavy atom. The van der Waals surface area contributed by atoms with E-state index in [9.17, 15) is 14.0 Å². The lowest BCUT2D eigenvalue weighted by atomic mass is 10.1. The second-order valence-corrected chi connectivity index (χ2v) is 7.34. The predicted octanol–water partition coefficient (Wildman–Crippen LogP) is 2.05. The SMILES string of the molecule is Cn1c(N2CCCO[C@H](c3ccc(C(N)=O)cc3)C2)nc(-c2ccncc2F)cc1=O. The number of hydrogen-bond donors (Lipinski definition) is 1. The standard InChI is InChI=1S/C22H22FN5O3/c1-27-20(29)11-18(16-7-8-25-12-17(16)23)26-22(27)28-9-2-10-31-19(13-28)14-3-5-15(6-4-14)21(24)30/h3-8,11-12,19H,2,9-10,13H2,1H3,(H2,24,30)/t19-/m0/s1. The second kappa shape index (κ2) is 8.65. The van der Waals surface area contributed by atoms with Crippen molar-refractivity contribution in [3.63, 3.8) is 0 Å². The minimum absolute atomic E-state index is 0.221. The molecule has 31 heavy (non-hydrogen) atoms. The van der Waals surface area contributed by atoms with Crippen LogP contribution in [0.1, 0.15) is 28.4 Å². The molecule has 1 atom stereocenters. The molecule has 4 rings (SSSR count). The number of halogens is 1. The summed E-state index contributed by atoms with van der Waals surface area (Å²) >= 11 is 0. The topological polar surface area (TPSA) is 103 Å². The number of carbonyl (C=O) groups excluding carboxylic acids is 1. The van der Waals surface area contributed by atoms with Gasteiger partial charge in [-0.3, -0.25) is 19.1 Å². The lowest BCUT2D eigenvalue weighted by Crippen LogP contribution is -2.34. The molecule has 1 aromatic carbocycles. The maximum absolute atomic E-state index is 14.2. The van der Waals surface area contributed by atoms with Crippen LogP contribution in [0.25, 0.3) is 11.3 Å². The Morgan fingerprint density at radius 3 is 2.74 bits per heavy atom. The molecule has 1 fully saturated rings. The Bertz CT molecular complexity index is 1160. The predicted molar refractivity (Wildman–Crippen MR) is 113 cm³/mol. The van der Waals surface area contributed by atoms with E-state index in [0.717, 1.165) is 18.2 Å². The fraction of sp³-hybridized carbons (Fsp3) is 0.273. The average molecular weight is 423 g/mol. The number of nitrogens with zero attached hydrogens (tertiary/aromatic N) is 4. The molecule has 1 aliphatic rings. The molecule has 8 nitrogen and oxygen atoms in total. The first-order valence-electron chi connectivity index (χ1n) is 9.88. The van der Waals surface area contributed by atoms with Gasteiger partial charge in [0.25, 0.3) is 5.56 Å². The van der Waals surface area contributed by atoms with Crippen LogP contribution in [0.15, 0.2) is 53.6 Å². The molecule has 1 amide bonds. The smallest absolute Gasteiger partial charge is 0.255 e. The van der Waals surface area contributed by atoms with Gasteiger partial charge in [-0.1, -0.05) is 12.1 Å². The number of benzene rings is 1. The van der Waals surface area contributed by atoms with Crippen LogP contribution < -0.4 is 16.2 Å². The lowest BCUT2D eigenvalue weighted by Gasteiger charge is -2.27. The van der Waals surface area contributed by atoms with Crippen LogP contribution in [0.4, 0.5) is 10.3 Å². The first kappa shape index (κ1) is 20.7. The van der Waals surface area contributed by atoms with E-state index in [1.54, 1.807) is 19.2 Å². The Kier molecular flexibility index (Phi) is 5.77. The minimum atomic E-state index is -0.541. The summed E-state index contributed by atoms with van der Waals surface area (Å²) in [6.07, 6.45) is 3.00. The number of rotatable bonds is 4. The highest BCUT2D eigenvalue weighted by Gasteiger charge is 2.24. The van der Waals surface area contributed by atoms with Crippen LogP contribution in [0.5, 0.6) is 0 Å². The van der Waals surface area contributed by atoms with E-state index in [4.69, 9.17) is 10.5 Å². The summed E-state index contributed by atoms with van der Waals surface area (Å²) in [5.74, 6) is -0.599. The zero-order valence-corrected chi connectivity index (χ0v) is 17.0. The number of aromatic nitrogens is 3. The third-order valence-electron chi connectivity index (χ3n) is 5.29. The summed E-state index contributed by atoms with van der Waals surface area (Å²) in [6.45, 7) is 1.60. The molecule has 2 aromatic heterocycles. The van der Waals surface area contributed by atoms with Gasteiger partial charge in [-0.2, -0.15) is 0 Å². The second-order valence-electron chi connectivity index (χ2n) is 7.34. The van der Waals surface area contributed by atoms with E-state index < -0.39 is 11.7 Å². The van der Waals surface area contributed by atoms with Crippen molar-refractivity contribution in [3.05, 3.63) is 76.1 Å². The van der Waals surface area contributed by atoms with Crippen molar-refractivity contribution in [2.45, 2.75) is 12.5 Å². The van der Waals surface area contributed by atoms with Crippen LogP contribution >= 0.6 is 0 Å². The average Bonchev–Trinajstić information content (AvgIpc) is 3.02. The van der Waals surface area contributed by atoms with Gasteiger partial charge in [0, 0.05) is 43.6 Å². The summed E-state index contributed by atoms with van der Waals surface area (Å²) in [5, 5.41) is 0. The first-order chi connectivity index (χ1) is 14.9. The van der Waals surface area contributed by atoms with Crippen molar-refractivity contribution in [2.75, 3.05) is 24.6 Å². The molecule has 0 aliphatic carbocycles. The van der Waals surface area contributed by atoms with Crippen molar-refractivity contribution in [1.82, 2.24) is 14.5 Å². The van der Waals surface area contributed by atoms with Gasteiger partial charge >= 0.3 is 0 Å². The van der Waals surface area contributed by atoms with Gasteiger partial charge in [0.1, 0.15) is 6.10 Å². The Morgan fingerprint density at radius 1 is 1.26 bits per heavy atom. The normalized spacial score (nSPS) is 16.7. The van der Waals surface area contributed by atoms with E-state index in [1.807, 2.05) is 17.0 Å². The lowest BCUT2D eigenvalue weighted by molar-refractivity contribution is 0.0685. The van der Waals surface area contributed by atoms with E-state index in [2.05, 4.69) is 9.97 Å². The molecule has 3 heterocycles. The van der Waals surface area contributed by atoms with Crippen LogP contribution in [0, 0.1) is 5.82 Å². The fourth-order valence-electron chi connectivity index (χ4n) is 3.60. The molecule has 160 valence electrons. The van der Waals surface area contributed by atoms with E-state index in [-0.39, 0.29) is 22.9 Å². The summed E-state index contributed by atoms with van der Waals surface area (Å²) in [7, 11) is 1.64. The number of hydrogen-bond acceptors (Lipinski definition) is 6. The highest BCUT2D eigenvalue weighted by atomic mass is 19.1. The molecule has 9 heteroatoms. The molecule has 0 saturated carbocycles. The molecule has 0 unspecified atom stereocenters. The highest BCUT2D eigenvalue weighted by Crippen LogP contribution is 2.26. The number of primary amides is 1. The Hall–Kier alpha value is -3.59. The Labute approximate surface area is 178 Å². The summed E-state index contributed by atoms with van der Waals surface area (Å²) in [6, 6.07) is 9.76. The van der Waals surface area contributed by atoms with Crippen molar-refractivity contribution < 1.29 is 13.9 Å². The maximum atomic E-state index is 14.2. The molecule has 1 aliphatic heterocycles. The zero-order valence-electron chi connectivity index (χ0n) is 17.0. The third-order valence-corrected chi connectivity index (χ3v) is 5.29. The highest BCUT2D eigenvalue weighted by molar-refractivity contribution is 5.92. The van der Waals surface area contributed by atoms with E-state index in [0.29, 0.717) is 31.2 Å². The molecular weight excluding hydrogens is 401 g/mol. The van der Waals surface area contributed by atoms with Gasteiger partial charge in [-0.05, 0) is 30.2 Å².